The van der Waals surface area contributed by atoms with Crippen molar-refractivity contribution in [2.75, 3.05) is 19.0 Å². The van der Waals surface area contributed by atoms with Crippen LogP contribution in [0.2, 0.25) is 0 Å². The van der Waals surface area contributed by atoms with E-state index < -0.39 is 71.2 Å². The molecule has 0 aromatic rings. The van der Waals surface area contributed by atoms with Gasteiger partial charge >= 0.3 is 11.9 Å². The van der Waals surface area contributed by atoms with Gasteiger partial charge in [0.05, 0.1) is 6.61 Å². The van der Waals surface area contributed by atoms with Crippen molar-refractivity contribution in [1.82, 2.24) is 0 Å². The smallest absolute Gasteiger partial charge is 0.306 e. The predicted octanol–water partition coefficient (Wildman–Crippen LogP) is 11.9. The fourth-order valence-electron chi connectivity index (χ4n) is 7.80. The molecule has 0 aromatic heterocycles. The third-order valence-corrected chi connectivity index (χ3v) is 12.6. The minimum absolute atomic E-state index is 0.158. The zero-order valence-corrected chi connectivity index (χ0v) is 42.1. The van der Waals surface area contributed by atoms with Crippen LogP contribution in [-0.4, -0.2) is 96.0 Å². The van der Waals surface area contributed by atoms with E-state index in [0.717, 1.165) is 70.6 Å². The molecule has 384 valence electrons. The van der Waals surface area contributed by atoms with Crippen molar-refractivity contribution in [2.45, 2.75) is 256 Å². The summed E-state index contributed by atoms with van der Waals surface area (Å²) in [5.41, 5.74) is 0. The molecule has 0 bridgehead atoms. The number of ether oxygens (including phenoxy) is 4. The molecule has 4 N–H and O–H groups in total. The van der Waals surface area contributed by atoms with Crippen LogP contribution in [0, 0.1) is 0 Å². The van der Waals surface area contributed by atoms with Crippen molar-refractivity contribution in [3.05, 3.63) is 48.6 Å². The molecule has 0 aromatic carbocycles. The summed E-state index contributed by atoms with van der Waals surface area (Å²) >= 11 is 0. The molecule has 1 aliphatic rings. The van der Waals surface area contributed by atoms with Gasteiger partial charge in [0.15, 0.2) is 12.4 Å². The van der Waals surface area contributed by atoms with E-state index in [1.807, 2.05) is 0 Å². The van der Waals surface area contributed by atoms with E-state index in [1.165, 1.54) is 109 Å². The maximum atomic E-state index is 12.9. The van der Waals surface area contributed by atoms with Crippen LogP contribution in [-0.2, 0) is 38.7 Å². The Labute approximate surface area is 401 Å². The molecule has 6 atom stereocenters. The highest BCUT2D eigenvalue weighted by Crippen LogP contribution is 2.24. The number of aliphatic hydroxyl groups is 3. The zero-order chi connectivity index (χ0) is 48.4. The van der Waals surface area contributed by atoms with E-state index in [4.69, 9.17) is 18.9 Å². The second kappa shape index (κ2) is 42.7. The van der Waals surface area contributed by atoms with E-state index in [-0.39, 0.29) is 19.4 Å². The highest BCUT2D eigenvalue weighted by Gasteiger charge is 2.46. The summed E-state index contributed by atoms with van der Waals surface area (Å²) < 4.78 is 54.3. The molecule has 0 amide bonds. The van der Waals surface area contributed by atoms with Crippen molar-refractivity contribution in [3.8, 4) is 0 Å². The molecule has 0 radical (unpaired) electrons. The zero-order valence-electron chi connectivity index (χ0n) is 41.3. The summed E-state index contributed by atoms with van der Waals surface area (Å²) in [6, 6.07) is 0. The van der Waals surface area contributed by atoms with Gasteiger partial charge in [-0.1, -0.05) is 178 Å². The molecule has 13 heteroatoms. The molecular formula is C53H94O12S. The fraction of sp³-hybridized carbons (Fsp3) is 0.811. The molecule has 1 rings (SSSR count). The fourth-order valence-corrected chi connectivity index (χ4v) is 8.49. The van der Waals surface area contributed by atoms with Gasteiger partial charge in [0.25, 0.3) is 10.1 Å². The molecule has 1 fully saturated rings. The number of hydrogen-bond donors (Lipinski definition) is 4. The average Bonchev–Trinajstić information content (AvgIpc) is 3.28. The van der Waals surface area contributed by atoms with E-state index in [2.05, 4.69) is 62.5 Å². The lowest BCUT2D eigenvalue weighted by Gasteiger charge is -2.40. The standard InChI is InChI=1S/C53H94O12S/c1-3-5-7-9-11-13-15-17-19-21-23-25-27-29-31-33-35-37-39-41-48(54)62-43-46(44-63-53-52(58)51(57)50(56)47(65-53)45-66(59,60)61)64-49(55)42-40-38-36-34-32-30-28-26-24-22-20-18-16-14-12-10-8-6-4-2/h11-14,17-20,46-47,50-53,56-58H,3-10,15-16,21-45H2,1-2H3,(H,59,60,61)/b13-11+,14-12+,19-17+,20-18+/t46-,47-,50-,51?,52?,53+/m1/s1. The van der Waals surface area contributed by atoms with Crippen molar-refractivity contribution in [1.29, 1.82) is 0 Å². The lowest BCUT2D eigenvalue weighted by Crippen LogP contribution is -2.60. The number of rotatable bonds is 44. The molecule has 1 saturated heterocycles. The summed E-state index contributed by atoms with van der Waals surface area (Å²) in [5.74, 6) is -1.99. The number of carbonyl (C=O) groups is 2. The minimum atomic E-state index is -4.61. The topological polar surface area (TPSA) is 186 Å². The SMILES string of the molecule is CCCCC/C=C/C/C=C/CCCCCCCCCCCC(=O)OC[C@H](CO[C@H]1O[C@H](CS(=O)(=O)O)[C@@H](O)C(O)C1O)OC(=O)CCCCCCCCCCC/C=C/C/C=C/CCCCC. The Hall–Kier alpha value is -2.39. The van der Waals surface area contributed by atoms with Crippen molar-refractivity contribution in [3.63, 3.8) is 0 Å². The quantitative estimate of drug-likeness (QED) is 0.0196. The molecule has 0 spiro atoms. The van der Waals surface area contributed by atoms with Gasteiger partial charge in [0, 0.05) is 12.8 Å². The van der Waals surface area contributed by atoms with Crippen molar-refractivity contribution < 1.29 is 56.8 Å². The van der Waals surface area contributed by atoms with Crippen molar-refractivity contribution >= 4 is 22.1 Å². The molecule has 2 unspecified atom stereocenters. The van der Waals surface area contributed by atoms with Crippen LogP contribution in [0.15, 0.2) is 48.6 Å². The van der Waals surface area contributed by atoms with Gasteiger partial charge in [-0.15, -0.1) is 0 Å². The number of unbranched alkanes of at least 4 members (excludes halogenated alkanes) is 24. The van der Waals surface area contributed by atoms with Gasteiger partial charge in [-0.05, 0) is 77.0 Å². The average molecular weight is 955 g/mol. The van der Waals surface area contributed by atoms with Gasteiger partial charge in [-0.25, -0.2) is 0 Å². The molecule has 0 aliphatic carbocycles. The summed E-state index contributed by atoms with van der Waals surface area (Å²) in [5, 5.41) is 31.0. The lowest BCUT2D eigenvalue weighted by molar-refractivity contribution is -0.297. The Morgan fingerprint density at radius 1 is 0.515 bits per heavy atom. The highest BCUT2D eigenvalue weighted by molar-refractivity contribution is 7.85. The summed E-state index contributed by atoms with van der Waals surface area (Å²) in [4.78, 5) is 25.5. The predicted molar refractivity (Wildman–Crippen MR) is 266 cm³/mol. The summed E-state index contributed by atoms with van der Waals surface area (Å²) in [6.07, 6.45) is 42.8. The van der Waals surface area contributed by atoms with E-state index in [1.54, 1.807) is 0 Å². The van der Waals surface area contributed by atoms with Crippen LogP contribution in [0.3, 0.4) is 0 Å². The Morgan fingerprint density at radius 3 is 1.33 bits per heavy atom. The van der Waals surface area contributed by atoms with E-state index in [0.29, 0.717) is 12.8 Å². The van der Waals surface area contributed by atoms with E-state index >= 15 is 0 Å². The van der Waals surface area contributed by atoms with Gasteiger partial charge < -0.3 is 34.3 Å². The molecule has 66 heavy (non-hydrogen) atoms. The molecule has 1 heterocycles. The highest BCUT2D eigenvalue weighted by atomic mass is 32.2. The number of aliphatic hydroxyl groups excluding tert-OH is 3. The Kier molecular flexibility index (Phi) is 39.9. The maximum absolute atomic E-state index is 12.9. The number of esters is 2. The van der Waals surface area contributed by atoms with Crippen LogP contribution in [0.5, 0.6) is 0 Å². The van der Waals surface area contributed by atoms with E-state index in [9.17, 15) is 37.9 Å². The molecule has 12 nitrogen and oxygen atoms in total. The van der Waals surface area contributed by atoms with Gasteiger partial charge in [0.2, 0.25) is 0 Å². The first-order valence-electron chi connectivity index (χ1n) is 26.2. The third kappa shape index (κ3) is 36.6. The van der Waals surface area contributed by atoms with Gasteiger partial charge in [-0.2, -0.15) is 8.42 Å². The van der Waals surface area contributed by atoms with Crippen LogP contribution in [0.1, 0.15) is 219 Å². The third-order valence-electron chi connectivity index (χ3n) is 11.9. The minimum Gasteiger partial charge on any atom is -0.462 e. The lowest BCUT2D eigenvalue weighted by atomic mass is 10.00. The van der Waals surface area contributed by atoms with Crippen LogP contribution in [0.4, 0.5) is 0 Å². The Balaban J connectivity index is 2.37. The van der Waals surface area contributed by atoms with Crippen LogP contribution < -0.4 is 0 Å². The second-order valence-electron chi connectivity index (χ2n) is 18.2. The van der Waals surface area contributed by atoms with Crippen LogP contribution >= 0.6 is 0 Å². The van der Waals surface area contributed by atoms with Gasteiger partial charge in [0.1, 0.15) is 36.8 Å². The number of allylic oxidation sites excluding steroid dienone is 8. The second-order valence-corrected chi connectivity index (χ2v) is 19.7. The molecule has 1 aliphatic heterocycles. The largest absolute Gasteiger partial charge is 0.462 e. The summed E-state index contributed by atoms with van der Waals surface area (Å²) in [7, 11) is -4.61. The Bertz CT molecular complexity index is 1400. The Morgan fingerprint density at radius 2 is 0.909 bits per heavy atom. The van der Waals surface area contributed by atoms with Crippen LogP contribution in [0.25, 0.3) is 0 Å². The first-order chi connectivity index (χ1) is 32.0. The number of carbonyl (C=O) groups excluding carboxylic acids is 2. The summed E-state index contributed by atoms with van der Waals surface area (Å²) in [6.45, 7) is 3.73. The van der Waals surface area contributed by atoms with Crippen molar-refractivity contribution in [2.24, 2.45) is 0 Å². The normalized spacial score (nSPS) is 19.8. The van der Waals surface area contributed by atoms with Gasteiger partial charge in [-0.3, -0.25) is 14.1 Å². The molecular weight excluding hydrogens is 861 g/mol. The maximum Gasteiger partial charge on any atom is 0.306 e. The first kappa shape index (κ1) is 61.6. The first-order valence-corrected chi connectivity index (χ1v) is 27.8. The molecule has 0 saturated carbocycles. The number of hydrogen-bond acceptors (Lipinski definition) is 11. The monoisotopic (exact) mass is 955 g/mol.